The Morgan fingerprint density at radius 1 is 1.23 bits per heavy atom. The molecule has 0 fully saturated rings. The van der Waals surface area contributed by atoms with Gasteiger partial charge < -0.3 is 10.1 Å². The molecule has 0 unspecified atom stereocenters. The summed E-state index contributed by atoms with van der Waals surface area (Å²) < 4.78 is 5.48. The van der Waals surface area contributed by atoms with Gasteiger partial charge in [0.25, 0.3) is 0 Å². The van der Waals surface area contributed by atoms with Gasteiger partial charge in [0.2, 0.25) is 5.91 Å². The van der Waals surface area contributed by atoms with Crippen molar-refractivity contribution < 1.29 is 9.53 Å². The van der Waals surface area contributed by atoms with Crippen LogP contribution in [0.5, 0.6) is 5.75 Å². The number of benzene rings is 2. The molecule has 0 saturated heterocycles. The fraction of sp³-hybridized carbons (Fsp3) is 0.211. The maximum atomic E-state index is 12.1. The van der Waals surface area contributed by atoms with E-state index >= 15 is 0 Å². The molecule has 0 bridgehead atoms. The maximum Gasteiger partial charge on any atom is 0.248 e. The van der Waals surface area contributed by atoms with Crippen LogP contribution in [-0.2, 0) is 11.2 Å². The van der Waals surface area contributed by atoms with Crippen LogP contribution in [0.25, 0.3) is 6.08 Å². The maximum absolute atomic E-state index is 12.1. The highest BCUT2D eigenvalue weighted by Gasteiger charge is 2.11. The number of anilines is 1. The topological polar surface area (TPSA) is 38.3 Å². The minimum Gasteiger partial charge on any atom is -0.493 e. The third-order valence-corrected chi connectivity index (χ3v) is 4.00. The average Bonchev–Trinajstić information content (AvgIpc) is 2.97. The Kier molecular flexibility index (Phi) is 3.96. The van der Waals surface area contributed by atoms with Crippen LogP contribution in [0.2, 0.25) is 0 Å². The van der Waals surface area contributed by atoms with Crippen molar-refractivity contribution in [3.8, 4) is 5.75 Å². The van der Waals surface area contributed by atoms with E-state index in [2.05, 4.69) is 11.4 Å². The summed E-state index contributed by atoms with van der Waals surface area (Å²) >= 11 is 0. The molecule has 22 heavy (non-hydrogen) atoms. The Morgan fingerprint density at radius 2 is 2.09 bits per heavy atom. The van der Waals surface area contributed by atoms with E-state index in [1.807, 2.05) is 50.3 Å². The number of hydrogen-bond donors (Lipinski definition) is 1. The number of nitrogens with one attached hydrogen (secondary N) is 1. The van der Waals surface area contributed by atoms with Crippen molar-refractivity contribution in [3.05, 3.63) is 64.7 Å². The fourth-order valence-corrected chi connectivity index (χ4v) is 2.54. The molecule has 112 valence electrons. The van der Waals surface area contributed by atoms with Crippen LogP contribution in [0, 0.1) is 13.8 Å². The largest absolute Gasteiger partial charge is 0.493 e. The standard InChI is InChI=1S/C19H19NO2/c1-13-4-3-5-17(14(13)2)20-19(21)9-7-15-6-8-18-16(12-15)10-11-22-18/h3-9,12H,10-11H2,1-2H3,(H,20,21)/b9-7+. The number of carbonyl (C=O) groups excluding carboxylic acids is 1. The second-order valence-electron chi connectivity index (χ2n) is 5.54. The predicted molar refractivity (Wildman–Crippen MR) is 89.2 cm³/mol. The summed E-state index contributed by atoms with van der Waals surface area (Å²) in [5, 5.41) is 2.92. The summed E-state index contributed by atoms with van der Waals surface area (Å²) in [5.74, 6) is 0.836. The minimum absolute atomic E-state index is 0.120. The van der Waals surface area contributed by atoms with E-state index in [0.717, 1.165) is 35.6 Å². The summed E-state index contributed by atoms with van der Waals surface area (Å²) in [6.45, 7) is 4.79. The molecule has 0 spiro atoms. The van der Waals surface area contributed by atoms with Crippen LogP contribution >= 0.6 is 0 Å². The monoisotopic (exact) mass is 293 g/mol. The molecule has 2 aromatic carbocycles. The molecule has 1 heterocycles. The SMILES string of the molecule is Cc1cccc(NC(=O)/C=C/c2ccc3c(c2)CCO3)c1C. The van der Waals surface area contributed by atoms with Crippen molar-refractivity contribution in [1.82, 2.24) is 0 Å². The molecule has 1 aliphatic rings. The molecular weight excluding hydrogens is 274 g/mol. The summed E-state index contributed by atoms with van der Waals surface area (Å²) in [4.78, 5) is 12.1. The first kappa shape index (κ1) is 14.4. The van der Waals surface area contributed by atoms with Gasteiger partial charge in [-0.1, -0.05) is 18.2 Å². The van der Waals surface area contributed by atoms with Gasteiger partial charge in [-0.05, 0) is 60.4 Å². The summed E-state index contributed by atoms with van der Waals surface area (Å²) in [6.07, 6.45) is 4.34. The molecule has 3 heteroatoms. The first-order chi connectivity index (χ1) is 10.6. The smallest absolute Gasteiger partial charge is 0.248 e. The fourth-order valence-electron chi connectivity index (χ4n) is 2.54. The molecule has 1 aliphatic heterocycles. The molecule has 1 N–H and O–H groups in total. The molecule has 0 aromatic heterocycles. The normalized spacial score (nSPS) is 13.0. The van der Waals surface area contributed by atoms with Gasteiger partial charge in [0.05, 0.1) is 6.61 Å². The number of amides is 1. The third-order valence-electron chi connectivity index (χ3n) is 4.00. The molecule has 0 aliphatic carbocycles. The van der Waals surface area contributed by atoms with Gasteiger partial charge >= 0.3 is 0 Å². The first-order valence-electron chi connectivity index (χ1n) is 7.44. The van der Waals surface area contributed by atoms with Gasteiger partial charge in [-0.15, -0.1) is 0 Å². The van der Waals surface area contributed by atoms with Crippen molar-refractivity contribution >= 4 is 17.7 Å². The number of carbonyl (C=O) groups is 1. The van der Waals surface area contributed by atoms with Crippen LogP contribution in [0.15, 0.2) is 42.5 Å². The Bertz CT molecular complexity index is 747. The average molecular weight is 293 g/mol. The Morgan fingerprint density at radius 3 is 2.95 bits per heavy atom. The molecule has 0 radical (unpaired) electrons. The summed E-state index contributed by atoms with van der Waals surface area (Å²) in [5.41, 5.74) is 5.34. The summed E-state index contributed by atoms with van der Waals surface area (Å²) in [6, 6.07) is 11.9. The van der Waals surface area contributed by atoms with Crippen molar-refractivity contribution in [1.29, 1.82) is 0 Å². The van der Waals surface area contributed by atoms with E-state index < -0.39 is 0 Å². The molecule has 2 aromatic rings. The second-order valence-corrected chi connectivity index (χ2v) is 5.54. The van der Waals surface area contributed by atoms with Crippen molar-refractivity contribution in [2.24, 2.45) is 0 Å². The Balaban J connectivity index is 1.70. The van der Waals surface area contributed by atoms with Crippen molar-refractivity contribution in [2.45, 2.75) is 20.3 Å². The Hall–Kier alpha value is -2.55. The minimum atomic E-state index is -0.120. The molecule has 3 nitrogen and oxygen atoms in total. The lowest BCUT2D eigenvalue weighted by molar-refractivity contribution is -0.111. The molecule has 3 rings (SSSR count). The van der Waals surface area contributed by atoms with Crippen molar-refractivity contribution in [3.63, 3.8) is 0 Å². The summed E-state index contributed by atoms with van der Waals surface area (Å²) in [7, 11) is 0. The Labute approximate surface area is 130 Å². The van der Waals surface area contributed by atoms with Crippen LogP contribution in [0.1, 0.15) is 22.3 Å². The molecule has 0 atom stereocenters. The number of fused-ring (bicyclic) bond motifs is 1. The van der Waals surface area contributed by atoms with Gasteiger partial charge in [-0.3, -0.25) is 4.79 Å². The number of rotatable bonds is 3. The lowest BCUT2D eigenvalue weighted by atomic mass is 10.1. The van der Waals surface area contributed by atoms with E-state index in [1.54, 1.807) is 6.08 Å². The number of ether oxygens (including phenoxy) is 1. The van der Waals surface area contributed by atoms with Gasteiger partial charge in [0, 0.05) is 18.2 Å². The quantitative estimate of drug-likeness (QED) is 0.872. The zero-order valence-corrected chi connectivity index (χ0v) is 12.8. The van der Waals surface area contributed by atoms with E-state index in [-0.39, 0.29) is 5.91 Å². The van der Waals surface area contributed by atoms with Crippen LogP contribution in [0.4, 0.5) is 5.69 Å². The van der Waals surface area contributed by atoms with Crippen molar-refractivity contribution in [2.75, 3.05) is 11.9 Å². The number of hydrogen-bond acceptors (Lipinski definition) is 2. The van der Waals surface area contributed by atoms with Gasteiger partial charge in [0.1, 0.15) is 5.75 Å². The van der Waals surface area contributed by atoms with E-state index in [1.165, 1.54) is 11.1 Å². The van der Waals surface area contributed by atoms with E-state index in [9.17, 15) is 4.79 Å². The molecule has 1 amide bonds. The highest BCUT2D eigenvalue weighted by atomic mass is 16.5. The highest BCUT2D eigenvalue weighted by Crippen LogP contribution is 2.26. The first-order valence-corrected chi connectivity index (χ1v) is 7.44. The van der Waals surface area contributed by atoms with Crippen LogP contribution < -0.4 is 10.1 Å². The second kappa shape index (κ2) is 6.06. The van der Waals surface area contributed by atoms with Crippen LogP contribution in [-0.4, -0.2) is 12.5 Å². The number of aryl methyl sites for hydroxylation is 1. The lowest BCUT2D eigenvalue weighted by Gasteiger charge is -2.08. The lowest BCUT2D eigenvalue weighted by Crippen LogP contribution is -2.09. The predicted octanol–water partition coefficient (Wildman–Crippen LogP) is 3.89. The van der Waals surface area contributed by atoms with Gasteiger partial charge in [-0.25, -0.2) is 0 Å². The highest BCUT2D eigenvalue weighted by molar-refractivity contribution is 6.02. The molecular formula is C19H19NO2. The molecule has 0 saturated carbocycles. The van der Waals surface area contributed by atoms with E-state index in [0.29, 0.717) is 0 Å². The zero-order valence-electron chi connectivity index (χ0n) is 12.8. The zero-order chi connectivity index (χ0) is 15.5. The van der Waals surface area contributed by atoms with Gasteiger partial charge in [0.15, 0.2) is 0 Å². The van der Waals surface area contributed by atoms with Gasteiger partial charge in [-0.2, -0.15) is 0 Å². The van der Waals surface area contributed by atoms with Crippen LogP contribution in [0.3, 0.4) is 0 Å². The third kappa shape index (κ3) is 3.03. The van der Waals surface area contributed by atoms with E-state index in [4.69, 9.17) is 4.74 Å².